The second-order valence-corrected chi connectivity index (χ2v) is 7.05. The van der Waals surface area contributed by atoms with Crippen LogP contribution in [-0.4, -0.2) is 21.6 Å². The summed E-state index contributed by atoms with van der Waals surface area (Å²) in [4.78, 5) is 9.00. The summed E-state index contributed by atoms with van der Waals surface area (Å²) in [7, 11) is 1.67. The summed E-state index contributed by atoms with van der Waals surface area (Å²) in [5.41, 5.74) is 4.05. The molecule has 0 atom stereocenters. The van der Waals surface area contributed by atoms with Crippen LogP contribution in [0.15, 0.2) is 72.1 Å². The lowest BCUT2D eigenvalue weighted by Crippen LogP contribution is -2.02. The topological polar surface area (TPSA) is 39.9 Å². The summed E-state index contributed by atoms with van der Waals surface area (Å²) < 4.78 is 20.6. The van der Waals surface area contributed by atoms with Gasteiger partial charge in [-0.1, -0.05) is 36.0 Å². The Kier molecular flexibility index (Phi) is 5.07. The number of imidazole rings is 1. The van der Waals surface area contributed by atoms with E-state index in [0.717, 1.165) is 38.8 Å². The molecule has 2 aromatic carbocycles. The highest BCUT2D eigenvalue weighted by Crippen LogP contribution is 2.28. The lowest BCUT2D eigenvalue weighted by atomic mass is 10.2. The van der Waals surface area contributed by atoms with Crippen LogP contribution in [0.3, 0.4) is 0 Å². The Hall–Kier alpha value is -2.86. The average Bonchev–Trinajstić information content (AvgIpc) is 3.06. The molecular formula is C21H18FN3OS. The fourth-order valence-electron chi connectivity index (χ4n) is 2.89. The maximum atomic E-state index is 13.2. The van der Waals surface area contributed by atoms with Gasteiger partial charge in [0.15, 0.2) is 5.16 Å². The highest BCUT2D eigenvalue weighted by Gasteiger charge is 2.12. The van der Waals surface area contributed by atoms with Crippen molar-refractivity contribution in [1.29, 1.82) is 0 Å². The summed E-state index contributed by atoms with van der Waals surface area (Å²) in [6.45, 7) is 0.614. The van der Waals surface area contributed by atoms with Crippen LogP contribution in [0.2, 0.25) is 0 Å². The number of rotatable bonds is 6. The molecule has 0 aliphatic rings. The van der Waals surface area contributed by atoms with Crippen LogP contribution in [0, 0.1) is 5.82 Å². The third-order valence-corrected chi connectivity index (χ3v) is 5.32. The lowest BCUT2D eigenvalue weighted by Gasteiger charge is -2.09. The number of aromatic nitrogens is 3. The molecule has 0 bridgehead atoms. The van der Waals surface area contributed by atoms with E-state index < -0.39 is 0 Å². The van der Waals surface area contributed by atoms with Crippen LogP contribution in [0.25, 0.3) is 11.0 Å². The minimum absolute atomic E-state index is 0.233. The standard InChI is InChI=1S/C21H18FN3OS/c1-26-18-4-2-3-16(11-18)14-27-21-24-19-9-10-23-12-20(19)25(21)13-15-5-7-17(22)8-6-15/h2-12H,13-14H2,1H3. The van der Waals surface area contributed by atoms with Gasteiger partial charge in [0.25, 0.3) is 0 Å². The van der Waals surface area contributed by atoms with Crippen molar-refractivity contribution in [3.05, 3.63) is 83.9 Å². The molecule has 0 fully saturated rings. The smallest absolute Gasteiger partial charge is 0.169 e. The van der Waals surface area contributed by atoms with E-state index >= 15 is 0 Å². The molecule has 0 saturated heterocycles. The molecule has 0 spiro atoms. The average molecular weight is 379 g/mol. The van der Waals surface area contributed by atoms with E-state index in [9.17, 15) is 4.39 Å². The normalized spacial score (nSPS) is 11.0. The summed E-state index contributed by atoms with van der Waals surface area (Å²) >= 11 is 1.66. The molecule has 2 heterocycles. The highest BCUT2D eigenvalue weighted by molar-refractivity contribution is 7.98. The van der Waals surface area contributed by atoms with Gasteiger partial charge < -0.3 is 9.30 Å². The second-order valence-electron chi connectivity index (χ2n) is 6.11. The second kappa shape index (κ2) is 7.80. The summed E-state index contributed by atoms with van der Waals surface area (Å²) in [6, 6.07) is 16.5. The van der Waals surface area contributed by atoms with Crippen LogP contribution in [-0.2, 0) is 12.3 Å². The number of thioether (sulfide) groups is 1. The molecule has 0 radical (unpaired) electrons. The molecule has 4 aromatic rings. The molecule has 4 rings (SSSR count). The number of nitrogens with zero attached hydrogens (tertiary/aromatic N) is 3. The number of halogens is 1. The molecule has 4 nitrogen and oxygen atoms in total. The lowest BCUT2D eigenvalue weighted by molar-refractivity contribution is 0.414. The first-order chi connectivity index (χ1) is 13.2. The first-order valence-corrected chi connectivity index (χ1v) is 9.52. The van der Waals surface area contributed by atoms with Gasteiger partial charge in [0.05, 0.1) is 30.9 Å². The summed E-state index contributed by atoms with van der Waals surface area (Å²) in [5, 5.41) is 0.908. The molecule has 0 unspecified atom stereocenters. The molecule has 2 aromatic heterocycles. The van der Waals surface area contributed by atoms with Gasteiger partial charge in [0.2, 0.25) is 0 Å². The summed E-state index contributed by atoms with van der Waals surface area (Å²) in [5.74, 6) is 1.39. The Morgan fingerprint density at radius 1 is 1.07 bits per heavy atom. The van der Waals surface area contributed by atoms with Crippen molar-refractivity contribution in [2.75, 3.05) is 7.11 Å². The van der Waals surface area contributed by atoms with Crippen molar-refractivity contribution >= 4 is 22.8 Å². The SMILES string of the molecule is COc1cccc(CSc2nc3ccncc3n2Cc2ccc(F)cc2)c1. The number of methoxy groups -OCH3 is 1. The van der Waals surface area contributed by atoms with Crippen LogP contribution in [0.4, 0.5) is 4.39 Å². The van der Waals surface area contributed by atoms with Crippen LogP contribution in [0.5, 0.6) is 5.75 Å². The molecule has 0 amide bonds. The number of benzene rings is 2. The van der Waals surface area contributed by atoms with Crippen molar-refractivity contribution < 1.29 is 9.13 Å². The zero-order chi connectivity index (χ0) is 18.6. The fraction of sp³-hybridized carbons (Fsp3) is 0.143. The molecule has 0 aliphatic heterocycles. The Morgan fingerprint density at radius 3 is 2.74 bits per heavy atom. The van der Waals surface area contributed by atoms with Crippen molar-refractivity contribution in [2.45, 2.75) is 17.5 Å². The quantitative estimate of drug-likeness (QED) is 0.446. The number of fused-ring (bicyclic) bond motifs is 1. The minimum Gasteiger partial charge on any atom is -0.497 e. The first kappa shape index (κ1) is 17.5. The predicted octanol–water partition coefficient (Wildman–Crippen LogP) is 4.92. The van der Waals surface area contributed by atoms with Gasteiger partial charge in [-0.15, -0.1) is 0 Å². The van der Waals surface area contributed by atoms with Gasteiger partial charge in [0, 0.05) is 11.9 Å². The number of pyridine rings is 1. The molecule has 27 heavy (non-hydrogen) atoms. The first-order valence-electron chi connectivity index (χ1n) is 8.53. The van der Waals surface area contributed by atoms with Gasteiger partial charge in [0.1, 0.15) is 11.6 Å². The Bertz CT molecular complexity index is 1060. The predicted molar refractivity (Wildman–Crippen MR) is 106 cm³/mol. The molecule has 6 heteroatoms. The largest absolute Gasteiger partial charge is 0.497 e. The molecule has 0 saturated carbocycles. The summed E-state index contributed by atoms with van der Waals surface area (Å²) in [6.07, 6.45) is 3.57. The molecule has 0 aliphatic carbocycles. The maximum absolute atomic E-state index is 13.2. The van der Waals surface area contributed by atoms with E-state index in [0.29, 0.717) is 6.54 Å². The van der Waals surface area contributed by atoms with Crippen LogP contribution < -0.4 is 4.74 Å². The number of hydrogen-bond acceptors (Lipinski definition) is 4. The van der Waals surface area contributed by atoms with Gasteiger partial charge >= 0.3 is 0 Å². The van der Waals surface area contributed by atoms with Gasteiger partial charge in [-0.2, -0.15) is 0 Å². The van der Waals surface area contributed by atoms with E-state index in [4.69, 9.17) is 9.72 Å². The third-order valence-electron chi connectivity index (χ3n) is 4.27. The van der Waals surface area contributed by atoms with E-state index in [1.54, 1.807) is 37.2 Å². The maximum Gasteiger partial charge on any atom is 0.169 e. The van der Waals surface area contributed by atoms with E-state index in [2.05, 4.69) is 15.6 Å². The molecule has 0 N–H and O–H groups in total. The molecular weight excluding hydrogens is 361 g/mol. The van der Waals surface area contributed by atoms with Crippen molar-refractivity contribution in [1.82, 2.24) is 14.5 Å². The monoisotopic (exact) mass is 379 g/mol. The van der Waals surface area contributed by atoms with Gasteiger partial charge in [-0.05, 0) is 41.5 Å². The van der Waals surface area contributed by atoms with Crippen LogP contribution >= 0.6 is 11.8 Å². The number of hydrogen-bond donors (Lipinski definition) is 0. The zero-order valence-electron chi connectivity index (χ0n) is 14.8. The zero-order valence-corrected chi connectivity index (χ0v) is 15.6. The molecule has 136 valence electrons. The Morgan fingerprint density at radius 2 is 1.93 bits per heavy atom. The van der Waals surface area contributed by atoms with Crippen molar-refractivity contribution in [3.63, 3.8) is 0 Å². The van der Waals surface area contributed by atoms with E-state index in [-0.39, 0.29) is 5.82 Å². The fourth-order valence-corrected chi connectivity index (χ4v) is 3.85. The van der Waals surface area contributed by atoms with Crippen molar-refractivity contribution in [2.24, 2.45) is 0 Å². The highest BCUT2D eigenvalue weighted by atomic mass is 32.2. The van der Waals surface area contributed by atoms with Crippen molar-refractivity contribution in [3.8, 4) is 5.75 Å². The van der Waals surface area contributed by atoms with Crippen LogP contribution in [0.1, 0.15) is 11.1 Å². The third kappa shape index (κ3) is 3.95. The number of ether oxygens (including phenoxy) is 1. The van der Waals surface area contributed by atoms with Gasteiger partial charge in [-0.3, -0.25) is 4.98 Å². The van der Waals surface area contributed by atoms with E-state index in [1.165, 1.54) is 12.1 Å². The van der Waals surface area contributed by atoms with Gasteiger partial charge in [-0.25, -0.2) is 9.37 Å². The van der Waals surface area contributed by atoms with E-state index in [1.807, 2.05) is 30.5 Å². The minimum atomic E-state index is -0.233. The Balaban J connectivity index is 1.64. The Labute approximate surface area is 161 Å².